The summed E-state index contributed by atoms with van der Waals surface area (Å²) in [6.45, 7) is 1.28. The lowest BCUT2D eigenvalue weighted by Crippen LogP contribution is -2.63. The van der Waals surface area contributed by atoms with Gasteiger partial charge in [0.05, 0.1) is 30.4 Å². The molecule has 41 heavy (non-hydrogen) atoms. The van der Waals surface area contributed by atoms with E-state index >= 15 is 0 Å². The van der Waals surface area contributed by atoms with Gasteiger partial charge in [-0.25, -0.2) is 0 Å². The number of phenols is 1. The molecule has 4 atom stereocenters. The number of allylic oxidation sites excluding steroid dienone is 1. The number of phenolic OH excluding ortho intramolecular Hbond substituents is 1. The van der Waals surface area contributed by atoms with Crippen LogP contribution in [0.1, 0.15) is 32.7 Å². The van der Waals surface area contributed by atoms with Crippen LogP contribution in [0.25, 0.3) is 0 Å². The molecule has 0 saturated carbocycles. The number of fused-ring (bicyclic) bond motifs is 3. The van der Waals surface area contributed by atoms with Gasteiger partial charge in [-0.05, 0) is 44.5 Å². The number of anilines is 1. The molecule has 13 nitrogen and oxygen atoms in total. The van der Waals surface area contributed by atoms with Crippen LogP contribution in [0.5, 0.6) is 5.75 Å². The summed E-state index contributed by atoms with van der Waals surface area (Å²) in [6.07, 6.45) is 0.107. The van der Waals surface area contributed by atoms with Gasteiger partial charge in [-0.2, -0.15) is 0 Å². The average Bonchev–Trinajstić information content (AvgIpc) is 2.90. The highest BCUT2D eigenvalue weighted by Gasteiger charge is 2.63. The monoisotopic (exact) mass is 570 g/mol. The van der Waals surface area contributed by atoms with Crippen LogP contribution in [0.4, 0.5) is 5.69 Å². The molecule has 0 radical (unpaired) electrons. The average molecular weight is 571 g/mol. The van der Waals surface area contributed by atoms with Crippen LogP contribution in [0.2, 0.25) is 0 Å². The highest BCUT2D eigenvalue weighted by Crippen LogP contribution is 2.53. The van der Waals surface area contributed by atoms with Crippen molar-refractivity contribution in [3.63, 3.8) is 0 Å². The Balaban J connectivity index is 1.70. The molecule has 0 aromatic heterocycles. The van der Waals surface area contributed by atoms with Crippen molar-refractivity contribution < 1.29 is 44.3 Å². The molecule has 0 unspecified atom stereocenters. The third kappa shape index (κ3) is 4.02. The maximum atomic E-state index is 14.1. The first-order chi connectivity index (χ1) is 19.2. The summed E-state index contributed by atoms with van der Waals surface area (Å²) in [6, 6.07) is 0.462. The molecular weight excluding hydrogens is 536 g/mol. The number of carbonyl (C=O) groups is 4. The Morgan fingerprint density at radius 2 is 1.73 bits per heavy atom. The number of nitrogens with two attached hydrogens (primary N) is 1. The molecule has 1 aromatic carbocycles. The number of rotatable bonds is 4. The van der Waals surface area contributed by atoms with E-state index in [-0.39, 0.29) is 29.5 Å². The van der Waals surface area contributed by atoms with Crippen molar-refractivity contribution in [3.05, 3.63) is 45.4 Å². The molecule has 1 aliphatic heterocycles. The van der Waals surface area contributed by atoms with Crippen LogP contribution in [-0.4, -0.2) is 120 Å². The van der Waals surface area contributed by atoms with Gasteiger partial charge in [0.25, 0.3) is 11.8 Å². The second kappa shape index (κ2) is 9.86. The first kappa shape index (κ1) is 28.6. The van der Waals surface area contributed by atoms with Crippen molar-refractivity contribution >= 4 is 29.1 Å². The molecular formula is C28H34N4O9. The second-order valence-corrected chi connectivity index (χ2v) is 11.4. The topological polar surface area (TPSA) is 194 Å². The van der Waals surface area contributed by atoms with Crippen molar-refractivity contribution in [2.45, 2.75) is 24.5 Å². The molecule has 1 saturated heterocycles. The lowest BCUT2D eigenvalue weighted by atomic mass is 9.58. The standard InChI is InChI=1S/C28H34N4O9/c1-30(2)16-11-14(27(39)32-5-7-41-8-6-32)21(33)18-13(16)9-12-10-15-20(31(3)4)23(35)19(26(29)38)25(37)28(15,40)24(36)17(12)22(18)34/h11-12,15,20,33,35-36,40H,5-10H2,1-4H3,(H2,29,38)/t12-,15-,20-,28-/m0/s1. The molecule has 13 heteroatoms. The van der Waals surface area contributed by atoms with Crippen molar-refractivity contribution in [2.75, 3.05) is 59.4 Å². The van der Waals surface area contributed by atoms with Crippen LogP contribution >= 0.6 is 0 Å². The number of aliphatic hydroxyl groups excluding tert-OH is 2. The van der Waals surface area contributed by atoms with Gasteiger partial charge >= 0.3 is 0 Å². The summed E-state index contributed by atoms with van der Waals surface area (Å²) >= 11 is 0. The number of carbonyl (C=O) groups excluding carboxylic acids is 4. The minimum absolute atomic E-state index is 0.0200. The van der Waals surface area contributed by atoms with E-state index in [1.54, 1.807) is 33.1 Å². The summed E-state index contributed by atoms with van der Waals surface area (Å²) in [5, 5.41) is 45.5. The van der Waals surface area contributed by atoms with E-state index in [4.69, 9.17) is 10.5 Å². The smallest absolute Gasteiger partial charge is 0.257 e. The van der Waals surface area contributed by atoms with Gasteiger partial charge in [-0.3, -0.25) is 24.1 Å². The van der Waals surface area contributed by atoms with E-state index in [9.17, 15) is 39.6 Å². The minimum Gasteiger partial charge on any atom is -0.510 e. The fraction of sp³-hybridized carbons (Fsp3) is 0.500. The molecule has 1 aromatic rings. The van der Waals surface area contributed by atoms with Gasteiger partial charge in [-0.1, -0.05) is 0 Å². The van der Waals surface area contributed by atoms with Crippen molar-refractivity contribution in [1.29, 1.82) is 0 Å². The van der Waals surface area contributed by atoms with E-state index in [1.165, 1.54) is 15.9 Å². The maximum absolute atomic E-state index is 14.1. The number of likely N-dealkylation sites (N-methyl/N-ethyl adjacent to an activating group) is 1. The van der Waals surface area contributed by atoms with Gasteiger partial charge in [0.1, 0.15) is 22.8 Å². The molecule has 6 N–H and O–H groups in total. The number of ether oxygens (including phenoxy) is 1. The first-order valence-electron chi connectivity index (χ1n) is 13.3. The van der Waals surface area contributed by atoms with Crippen molar-refractivity contribution in [2.24, 2.45) is 17.6 Å². The third-order valence-electron chi connectivity index (χ3n) is 8.71. The van der Waals surface area contributed by atoms with E-state index < -0.39 is 69.7 Å². The Morgan fingerprint density at radius 1 is 1.10 bits per heavy atom. The third-order valence-corrected chi connectivity index (χ3v) is 8.71. The number of aromatic hydroxyl groups is 1. The van der Waals surface area contributed by atoms with E-state index in [1.807, 2.05) is 0 Å². The van der Waals surface area contributed by atoms with Crippen molar-refractivity contribution in [3.8, 4) is 5.75 Å². The Morgan fingerprint density at radius 3 is 2.29 bits per heavy atom. The molecule has 1 heterocycles. The highest BCUT2D eigenvalue weighted by molar-refractivity contribution is 6.25. The zero-order valence-electron chi connectivity index (χ0n) is 23.3. The second-order valence-electron chi connectivity index (χ2n) is 11.4. The normalized spacial score (nSPS) is 28.0. The largest absolute Gasteiger partial charge is 0.510 e. The first-order valence-corrected chi connectivity index (χ1v) is 13.3. The predicted octanol–water partition coefficient (Wildman–Crippen LogP) is -0.341. The summed E-state index contributed by atoms with van der Waals surface area (Å²) < 4.78 is 5.31. The van der Waals surface area contributed by atoms with Crippen LogP contribution in [0, 0.1) is 11.8 Å². The summed E-state index contributed by atoms with van der Waals surface area (Å²) in [4.78, 5) is 57.9. The number of amides is 2. The molecule has 220 valence electrons. The Bertz CT molecular complexity index is 1440. The van der Waals surface area contributed by atoms with Crippen molar-refractivity contribution in [1.82, 2.24) is 9.80 Å². The van der Waals surface area contributed by atoms with Crippen LogP contribution in [0.3, 0.4) is 0 Å². The number of morpholine rings is 1. The van der Waals surface area contributed by atoms with Gasteiger partial charge < -0.3 is 40.7 Å². The number of nitrogens with zero attached hydrogens (tertiary/aromatic N) is 3. The quantitative estimate of drug-likeness (QED) is 0.297. The summed E-state index contributed by atoms with van der Waals surface area (Å²) in [5.74, 6) is -7.88. The van der Waals surface area contributed by atoms with Gasteiger partial charge in [0, 0.05) is 44.4 Å². The molecule has 1 fully saturated rings. The number of ketones is 2. The highest BCUT2D eigenvalue weighted by atomic mass is 16.5. The number of aliphatic hydroxyl groups is 3. The molecule has 2 amide bonds. The summed E-state index contributed by atoms with van der Waals surface area (Å²) in [7, 11) is 6.61. The molecule has 4 aliphatic rings. The van der Waals surface area contributed by atoms with Crippen LogP contribution in [0.15, 0.2) is 28.7 Å². The Labute approximate surface area is 236 Å². The van der Waals surface area contributed by atoms with E-state index in [0.29, 0.717) is 37.6 Å². The lowest BCUT2D eigenvalue weighted by Gasteiger charge is -2.50. The predicted molar refractivity (Wildman–Crippen MR) is 145 cm³/mol. The van der Waals surface area contributed by atoms with E-state index in [0.717, 1.165) is 0 Å². The number of hydrogen-bond acceptors (Lipinski definition) is 11. The zero-order chi connectivity index (χ0) is 30.1. The van der Waals surface area contributed by atoms with E-state index in [2.05, 4.69) is 0 Å². The fourth-order valence-corrected chi connectivity index (χ4v) is 6.80. The number of benzene rings is 1. The molecule has 3 aliphatic carbocycles. The number of Topliss-reactive ketones (excluding diaryl/α,β-unsaturated/α-hetero) is 2. The maximum Gasteiger partial charge on any atom is 0.257 e. The van der Waals surface area contributed by atoms with Gasteiger partial charge in [0.2, 0.25) is 5.78 Å². The lowest BCUT2D eigenvalue weighted by molar-refractivity contribution is -0.148. The molecule has 0 bridgehead atoms. The number of hydrogen-bond donors (Lipinski definition) is 5. The summed E-state index contributed by atoms with van der Waals surface area (Å²) in [5.41, 5.74) is 2.17. The minimum atomic E-state index is -2.73. The number of primary amides is 1. The molecule has 0 spiro atoms. The van der Waals surface area contributed by atoms with Crippen LogP contribution < -0.4 is 10.6 Å². The van der Waals surface area contributed by atoms with Crippen LogP contribution in [-0.2, 0) is 20.7 Å². The SMILES string of the molecule is CN(C)c1cc(C(=O)N2CCOCC2)c(O)c2c1C[C@H]1C[C@H]3[C@H](N(C)C)C(O)=C(C(N)=O)C(=O)[C@@]3(O)C(O)=C1C2=O. The fourth-order valence-electron chi connectivity index (χ4n) is 6.80. The Kier molecular flexibility index (Phi) is 6.87. The Hall–Kier alpha value is -3.94. The van der Waals surface area contributed by atoms with Gasteiger partial charge in [0.15, 0.2) is 11.4 Å². The van der Waals surface area contributed by atoms with Gasteiger partial charge in [-0.15, -0.1) is 0 Å². The molecule has 5 rings (SSSR count). The zero-order valence-corrected chi connectivity index (χ0v) is 23.3.